The first-order valence-corrected chi connectivity index (χ1v) is 10.00. The molecule has 3 aromatic heterocycles. The van der Waals surface area contributed by atoms with E-state index in [-0.39, 0.29) is 30.4 Å². The summed E-state index contributed by atoms with van der Waals surface area (Å²) in [4.78, 5) is 40.9. The summed E-state index contributed by atoms with van der Waals surface area (Å²) in [6, 6.07) is 13.7. The van der Waals surface area contributed by atoms with Crippen LogP contribution in [0.3, 0.4) is 0 Å². The van der Waals surface area contributed by atoms with E-state index in [1.165, 1.54) is 10.1 Å². The number of aryl methyl sites for hydroxylation is 1. The second-order valence-corrected chi connectivity index (χ2v) is 7.15. The van der Waals surface area contributed by atoms with Gasteiger partial charge < -0.3 is 15.6 Å². The Morgan fingerprint density at radius 2 is 1.97 bits per heavy atom. The van der Waals surface area contributed by atoms with E-state index in [4.69, 9.17) is 0 Å². The zero-order valence-electron chi connectivity index (χ0n) is 17.1. The number of hydrogen-bond acceptors (Lipinski definition) is 6. The fourth-order valence-corrected chi connectivity index (χ4v) is 3.21. The van der Waals surface area contributed by atoms with Crippen LogP contribution in [-0.2, 0) is 24.3 Å². The van der Waals surface area contributed by atoms with Gasteiger partial charge in [0, 0.05) is 18.4 Å². The van der Waals surface area contributed by atoms with Gasteiger partial charge in [-0.25, -0.2) is 15.0 Å². The van der Waals surface area contributed by atoms with Crippen LogP contribution in [0.5, 0.6) is 0 Å². The van der Waals surface area contributed by atoms with E-state index in [0.29, 0.717) is 23.6 Å². The van der Waals surface area contributed by atoms with Crippen molar-refractivity contribution in [3.63, 3.8) is 0 Å². The molecule has 0 radical (unpaired) electrons. The Morgan fingerprint density at radius 3 is 2.81 bits per heavy atom. The highest BCUT2D eigenvalue weighted by atomic mass is 16.2. The highest BCUT2D eigenvalue weighted by Crippen LogP contribution is 2.07. The molecule has 0 spiro atoms. The number of aromatic nitrogens is 5. The van der Waals surface area contributed by atoms with Gasteiger partial charge in [-0.2, -0.15) is 0 Å². The number of nitrogens with one attached hydrogen (secondary N) is 3. The molecule has 0 aliphatic heterocycles. The van der Waals surface area contributed by atoms with Crippen LogP contribution < -0.4 is 16.2 Å². The van der Waals surface area contributed by atoms with Gasteiger partial charge in [0.25, 0.3) is 5.56 Å². The lowest BCUT2D eigenvalue weighted by Gasteiger charge is -2.12. The number of imidazole rings is 1. The summed E-state index contributed by atoms with van der Waals surface area (Å²) >= 11 is 0. The normalized spacial score (nSPS) is 10.9. The monoisotopic (exact) mass is 417 g/mol. The van der Waals surface area contributed by atoms with Crippen LogP contribution in [0.25, 0.3) is 11.2 Å². The molecule has 0 saturated heterocycles. The minimum Gasteiger partial charge on any atom is -0.365 e. The maximum Gasteiger partial charge on any atom is 0.293 e. The first kappa shape index (κ1) is 20.3. The molecule has 0 bridgehead atoms. The molecule has 0 aliphatic rings. The standard InChI is InChI=1S/C22H23N7O2/c1-15-11-25-21(23-10-9-16-5-3-2-4-6-16)22(31)29(15)13-19(30)24-12-17-7-8-18-20(28-17)27-14-26-18/h2-8,11,14H,9-10,12-13H2,1H3,(H,23,25)(H,24,30)(H,26,27,28). The van der Waals surface area contributed by atoms with E-state index >= 15 is 0 Å². The number of aromatic amines is 1. The van der Waals surface area contributed by atoms with E-state index in [0.717, 1.165) is 11.9 Å². The Kier molecular flexibility index (Phi) is 6.02. The summed E-state index contributed by atoms with van der Waals surface area (Å²) in [6.07, 6.45) is 3.93. The smallest absolute Gasteiger partial charge is 0.293 e. The molecule has 3 heterocycles. The van der Waals surface area contributed by atoms with Crippen molar-refractivity contribution in [2.75, 3.05) is 11.9 Å². The highest BCUT2D eigenvalue weighted by molar-refractivity contribution is 5.76. The van der Waals surface area contributed by atoms with Crippen molar-refractivity contribution in [1.82, 2.24) is 29.8 Å². The molecule has 3 N–H and O–H groups in total. The van der Waals surface area contributed by atoms with Crippen molar-refractivity contribution in [2.45, 2.75) is 26.4 Å². The van der Waals surface area contributed by atoms with Gasteiger partial charge >= 0.3 is 0 Å². The van der Waals surface area contributed by atoms with Crippen LogP contribution in [-0.4, -0.2) is 37.0 Å². The predicted molar refractivity (Wildman–Crippen MR) is 118 cm³/mol. The van der Waals surface area contributed by atoms with E-state index in [2.05, 4.69) is 30.6 Å². The van der Waals surface area contributed by atoms with Gasteiger partial charge in [-0.1, -0.05) is 30.3 Å². The molecule has 0 saturated carbocycles. The van der Waals surface area contributed by atoms with Crippen molar-refractivity contribution in [3.05, 3.63) is 82.3 Å². The third kappa shape index (κ3) is 4.95. The first-order chi connectivity index (χ1) is 15.1. The average molecular weight is 417 g/mol. The quantitative estimate of drug-likeness (QED) is 0.402. The number of anilines is 1. The summed E-state index contributed by atoms with van der Waals surface area (Å²) in [5, 5.41) is 5.88. The molecule has 0 unspecified atom stereocenters. The largest absolute Gasteiger partial charge is 0.365 e. The van der Waals surface area contributed by atoms with E-state index in [1.54, 1.807) is 19.4 Å². The first-order valence-electron chi connectivity index (χ1n) is 10.00. The number of nitrogens with zero attached hydrogens (tertiary/aromatic N) is 4. The van der Waals surface area contributed by atoms with Gasteiger partial charge in [-0.15, -0.1) is 0 Å². The Labute approximate surface area is 178 Å². The lowest BCUT2D eigenvalue weighted by Crippen LogP contribution is -2.34. The fraction of sp³-hybridized carbons (Fsp3) is 0.227. The lowest BCUT2D eigenvalue weighted by molar-refractivity contribution is -0.121. The van der Waals surface area contributed by atoms with Crippen LogP contribution in [0.1, 0.15) is 17.0 Å². The van der Waals surface area contributed by atoms with E-state index < -0.39 is 0 Å². The Bertz CT molecular complexity index is 1250. The van der Waals surface area contributed by atoms with E-state index in [1.807, 2.05) is 42.5 Å². The van der Waals surface area contributed by atoms with E-state index in [9.17, 15) is 9.59 Å². The molecule has 1 aromatic carbocycles. The molecule has 4 rings (SSSR count). The van der Waals surface area contributed by atoms with Crippen LogP contribution in [0.15, 0.2) is 59.8 Å². The van der Waals surface area contributed by atoms with Gasteiger partial charge in [-0.05, 0) is 31.0 Å². The Balaban J connectivity index is 1.37. The van der Waals surface area contributed by atoms with Crippen LogP contribution in [0, 0.1) is 6.92 Å². The second-order valence-electron chi connectivity index (χ2n) is 7.15. The molecule has 31 heavy (non-hydrogen) atoms. The summed E-state index contributed by atoms with van der Waals surface area (Å²) < 4.78 is 1.41. The second kappa shape index (κ2) is 9.21. The SMILES string of the molecule is Cc1cnc(NCCc2ccccc2)c(=O)n1CC(=O)NCc1ccc2[nH]cnc2n1. The number of rotatable bonds is 8. The van der Waals surface area contributed by atoms with Gasteiger partial charge in [0.2, 0.25) is 5.91 Å². The predicted octanol–water partition coefficient (Wildman–Crippen LogP) is 1.79. The average Bonchev–Trinajstić information content (AvgIpc) is 3.25. The fourth-order valence-electron chi connectivity index (χ4n) is 3.21. The van der Waals surface area contributed by atoms with Crippen molar-refractivity contribution < 1.29 is 4.79 Å². The molecule has 9 heteroatoms. The lowest BCUT2D eigenvalue weighted by atomic mass is 10.1. The molecule has 4 aromatic rings. The Hall–Kier alpha value is -4.01. The number of carbonyl (C=O) groups is 1. The number of hydrogen-bond donors (Lipinski definition) is 3. The van der Waals surface area contributed by atoms with Crippen LogP contribution >= 0.6 is 0 Å². The molecule has 1 amide bonds. The number of amides is 1. The molecule has 0 atom stereocenters. The third-order valence-electron chi connectivity index (χ3n) is 4.91. The van der Waals surface area contributed by atoms with Crippen LogP contribution in [0.4, 0.5) is 5.82 Å². The number of H-pyrrole nitrogens is 1. The van der Waals surface area contributed by atoms with Crippen molar-refractivity contribution in [2.24, 2.45) is 0 Å². The number of carbonyl (C=O) groups excluding carboxylic acids is 1. The molecule has 0 aliphatic carbocycles. The van der Waals surface area contributed by atoms with Crippen molar-refractivity contribution in [1.29, 1.82) is 0 Å². The minimum absolute atomic E-state index is 0.0921. The minimum atomic E-state index is -0.320. The Morgan fingerprint density at radius 1 is 1.13 bits per heavy atom. The zero-order valence-corrected chi connectivity index (χ0v) is 17.1. The van der Waals surface area contributed by atoms with Gasteiger partial charge in [0.05, 0.1) is 24.1 Å². The maximum atomic E-state index is 12.8. The molecular formula is C22H23N7O2. The van der Waals surface area contributed by atoms with Gasteiger partial charge in [0.15, 0.2) is 11.5 Å². The topological polar surface area (TPSA) is 118 Å². The number of pyridine rings is 1. The van der Waals surface area contributed by atoms with Crippen molar-refractivity contribution >= 4 is 22.9 Å². The van der Waals surface area contributed by atoms with Gasteiger partial charge in [0.1, 0.15) is 6.54 Å². The third-order valence-corrected chi connectivity index (χ3v) is 4.91. The molecule has 9 nitrogen and oxygen atoms in total. The van der Waals surface area contributed by atoms with Crippen LogP contribution in [0.2, 0.25) is 0 Å². The molecular weight excluding hydrogens is 394 g/mol. The maximum absolute atomic E-state index is 12.8. The number of benzene rings is 1. The summed E-state index contributed by atoms with van der Waals surface area (Å²) in [5.74, 6) is -0.0458. The van der Waals surface area contributed by atoms with Crippen molar-refractivity contribution in [3.8, 4) is 0 Å². The summed E-state index contributed by atoms with van der Waals surface area (Å²) in [5.41, 5.74) is 3.59. The summed E-state index contributed by atoms with van der Waals surface area (Å²) in [7, 11) is 0. The molecule has 158 valence electrons. The number of fused-ring (bicyclic) bond motifs is 1. The summed E-state index contributed by atoms with van der Waals surface area (Å²) in [6.45, 7) is 2.49. The van der Waals surface area contributed by atoms with Gasteiger partial charge in [-0.3, -0.25) is 14.2 Å². The zero-order chi connectivity index (χ0) is 21.6. The molecule has 0 fully saturated rings. The highest BCUT2D eigenvalue weighted by Gasteiger charge is 2.12.